The Bertz CT molecular complexity index is 2760. The summed E-state index contributed by atoms with van der Waals surface area (Å²) in [6, 6.07) is 53.1. The summed E-state index contributed by atoms with van der Waals surface area (Å²) in [5, 5.41) is 6.86. The number of aromatic nitrogens is 3. The van der Waals surface area contributed by atoms with E-state index in [1.165, 1.54) is 21.9 Å². The van der Waals surface area contributed by atoms with E-state index in [0.29, 0.717) is 5.95 Å². The van der Waals surface area contributed by atoms with E-state index in [9.17, 15) is 0 Å². The van der Waals surface area contributed by atoms with Gasteiger partial charge in [-0.15, -0.1) is 0 Å². The van der Waals surface area contributed by atoms with Crippen LogP contribution in [0.15, 0.2) is 168 Å². The fourth-order valence-corrected chi connectivity index (χ4v) is 7.31. The fourth-order valence-electron chi connectivity index (χ4n) is 7.31. The molecule has 3 aromatic heterocycles. The summed E-state index contributed by atoms with van der Waals surface area (Å²) in [4.78, 5) is 10.1. The Labute approximate surface area is 276 Å². The van der Waals surface area contributed by atoms with Crippen LogP contribution >= 0.6 is 0 Å². The molecule has 48 heavy (non-hydrogen) atoms. The lowest BCUT2D eigenvalue weighted by atomic mass is 9.94. The molecular formula is C44H27N3O. The van der Waals surface area contributed by atoms with Gasteiger partial charge in [0.15, 0.2) is 5.58 Å². The van der Waals surface area contributed by atoms with Crippen LogP contribution in [0.5, 0.6) is 0 Å². The van der Waals surface area contributed by atoms with Crippen LogP contribution in [0.3, 0.4) is 0 Å². The van der Waals surface area contributed by atoms with Gasteiger partial charge in [0.1, 0.15) is 11.1 Å². The number of benzene rings is 7. The maximum Gasteiger partial charge on any atom is 0.234 e. The minimum Gasteiger partial charge on any atom is -0.454 e. The van der Waals surface area contributed by atoms with Gasteiger partial charge < -0.3 is 4.42 Å². The van der Waals surface area contributed by atoms with Gasteiger partial charge in [0, 0.05) is 39.5 Å². The highest BCUT2D eigenvalue weighted by Crippen LogP contribution is 2.45. The molecule has 0 unspecified atom stereocenters. The van der Waals surface area contributed by atoms with Gasteiger partial charge in [-0.25, -0.2) is 9.97 Å². The molecule has 0 spiro atoms. The lowest BCUT2D eigenvalue weighted by molar-refractivity contribution is 0.671. The Balaban J connectivity index is 1.21. The van der Waals surface area contributed by atoms with Gasteiger partial charge in [-0.3, -0.25) is 4.57 Å². The van der Waals surface area contributed by atoms with E-state index in [4.69, 9.17) is 14.4 Å². The second-order valence-electron chi connectivity index (χ2n) is 12.2. The molecule has 0 radical (unpaired) electrons. The topological polar surface area (TPSA) is 43.9 Å². The van der Waals surface area contributed by atoms with E-state index in [-0.39, 0.29) is 0 Å². The molecule has 0 aliphatic heterocycles. The van der Waals surface area contributed by atoms with Gasteiger partial charge in [-0.2, -0.15) is 0 Å². The van der Waals surface area contributed by atoms with Crippen LogP contribution in [-0.2, 0) is 0 Å². The molecular weight excluding hydrogens is 587 g/mol. The van der Waals surface area contributed by atoms with Crippen LogP contribution < -0.4 is 0 Å². The summed E-state index contributed by atoms with van der Waals surface area (Å²) in [5.41, 5.74) is 10.4. The highest BCUT2D eigenvalue weighted by Gasteiger charge is 2.23. The van der Waals surface area contributed by atoms with Crippen molar-refractivity contribution in [2.24, 2.45) is 0 Å². The first kappa shape index (κ1) is 26.7. The Morgan fingerprint density at radius 1 is 0.417 bits per heavy atom. The van der Waals surface area contributed by atoms with E-state index in [1.54, 1.807) is 0 Å². The molecule has 3 heterocycles. The van der Waals surface area contributed by atoms with Crippen molar-refractivity contribution >= 4 is 54.5 Å². The van der Waals surface area contributed by atoms with Crippen LogP contribution in [-0.4, -0.2) is 14.5 Å². The third-order valence-electron chi connectivity index (χ3n) is 9.47. The molecule has 0 saturated heterocycles. The van der Waals surface area contributed by atoms with Gasteiger partial charge >= 0.3 is 0 Å². The zero-order chi connectivity index (χ0) is 31.6. The maximum atomic E-state index is 6.69. The molecule has 0 bridgehead atoms. The van der Waals surface area contributed by atoms with Crippen LogP contribution in [0.2, 0.25) is 0 Å². The first-order chi connectivity index (χ1) is 23.8. The predicted molar refractivity (Wildman–Crippen MR) is 197 cm³/mol. The second-order valence-corrected chi connectivity index (χ2v) is 12.2. The quantitative estimate of drug-likeness (QED) is 0.198. The molecule has 0 fully saturated rings. The number of para-hydroxylation sites is 2. The molecule has 7 aromatic carbocycles. The van der Waals surface area contributed by atoms with Crippen LogP contribution in [0, 0.1) is 0 Å². The van der Waals surface area contributed by atoms with Gasteiger partial charge in [0.2, 0.25) is 5.95 Å². The molecule has 0 aliphatic carbocycles. The lowest BCUT2D eigenvalue weighted by Crippen LogP contribution is -2.01. The summed E-state index contributed by atoms with van der Waals surface area (Å²) < 4.78 is 8.86. The zero-order valence-corrected chi connectivity index (χ0v) is 25.8. The van der Waals surface area contributed by atoms with Crippen molar-refractivity contribution in [2.75, 3.05) is 0 Å². The normalized spacial score (nSPS) is 11.8. The molecule has 0 N–H and O–H groups in total. The van der Waals surface area contributed by atoms with Gasteiger partial charge in [-0.05, 0) is 68.9 Å². The molecule has 0 amide bonds. The molecule has 4 heteroatoms. The van der Waals surface area contributed by atoms with Crippen molar-refractivity contribution < 1.29 is 4.42 Å². The van der Waals surface area contributed by atoms with Crippen LogP contribution in [0.1, 0.15) is 0 Å². The first-order valence-corrected chi connectivity index (χ1v) is 16.2. The van der Waals surface area contributed by atoms with Crippen molar-refractivity contribution in [3.8, 4) is 39.3 Å². The maximum absolute atomic E-state index is 6.69. The number of hydrogen-bond acceptors (Lipinski definition) is 3. The fraction of sp³-hybridized carbons (Fsp3) is 0. The summed E-state index contributed by atoms with van der Waals surface area (Å²) >= 11 is 0. The Morgan fingerprint density at radius 3 is 1.56 bits per heavy atom. The second kappa shape index (κ2) is 10.5. The SMILES string of the molecule is c1ccc(-c2cc(-c3ccccc3)cc(-c3cnc(-n4c5ccccc5c5c6ccccc6c6c7ccccc7oc6c54)nc3)c2)cc1. The van der Waals surface area contributed by atoms with Crippen molar-refractivity contribution in [2.45, 2.75) is 0 Å². The zero-order valence-electron chi connectivity index (χ0n) is 25.8. The third-order valence-corrected chi connectivity index (χ3v) is 9.47. The average molecular weight is 614 g/mol. The minimum absolute atomic E-state index is 0.601. The standard InChI is InChI=1S/C44H27N3O/c1-3-13-28(14-4-1)30-23-31(29-15-5-2-6-16-29)25-32(24-30)33-26-45-44(46-27-33)47-38-21-11-9-19-36(38)40-34-17-7-8-18-35(34)41-37-20-10-12-22-39(37)48-43(41)42(40)47/h1-27H. The van der Waals surface area contributed by atoms with Gasteiger partial charge in [0.25, 0.3) is 0 Å². The Kier molecular flexibility index (Phi) is 5.84. The van der Waals surface area contributed by atoms with Crippen molar-refractivity contribution in [1.82, 2.24) is 14.5 Å². The number of rotatable bonds is 4. The van der Waals surface area contributed by atoms with E-state index in [2.05, 4.69) is 144 Å². The molecule has 0 aliphatic rings. The van der Waals surface area contributed by atoms with Crippen molar-refractivity contribution in [3.05, 3.63) is 164 Å². The van der Waals surface area contributed by atoms with Gasteiger partial charge in [-0.1, -0.05) is 121 Å². The van der Waals surface area contributed by atoms with Crippen molar-refractivity contribution in [1.29, 1.82) is 0 Å². The largest absolute Gasteiger partial charge is 0.454 e. The Morgan fingerprint density at radius 2 is 0.917 bits per heavy atom. The van der Waals surface area contributed by atoms with E-state index in [1.807, 2.05) is 24.5 Å². The molecule has 10 aromatic rings. The minimum atomic E-state index is 0.601. The van der Waals surface area contributed by atoms with Crippen LogP contribution in [0.25, 0.3) is 93.8 Å². The van der Waals surface area contributed by atoms with Crippen molar-refractivity contribution in [3.63, 3.8) is 0 Å². The third kappa shape index (κ3) is 4.03. The highest BCUT2D eigenvalue weighted by atomic mass is 16.3. The monoisotopic (exact) mass is 613 g/mol. The van der Waals surface area contributed by atoms with Crippen LogP contribution in [0.4, 0.5) is 0 Å². The lowest BCUT2D eigenvalue weighted by Gasteiger charge is -2.12. The van der Waals surface area contributed by atoms with E-state index >= 15 is 0 Å². The highest BCUT2D eigenvalue weighted by molar-refractivity contribution is 6.34. The number of hydrogen-bond donors (Lipinski definition) is 0. The molecule has 10 rings (SSSR count). The summed E-state index contributed by atoms with van der Waals surface area (Å²) in [7, 11) is 0. The number of fused-ring (bicyclic) bond motifs is 10. The van der Waals surface area contributed by atoms with E-state index < -0.39 is 0 Å². The molecule has 224 valence electrons. The number of furan rings is 1. The molecule has 0 saturated carbocycles. The number of nitrogens with zero attached hydrogens (tertiary/aromatic N) is 3. The van der Waals surface area contributed by atoms with E-state index in [0.717, 1.165) is 66.0 Å². The smallest absolute Gasteiger partial charge is 0.234 e. The summed E-state index contributed by atoms with van der Waals surface area (Å²) in [6.45, 7) is 0. The predicted octanol–water partition coefficient (Wildman–Crippen LogP) is 11.6. The van der Waals surface area contributed by atoms with Gasteiger partial charge in [0.05, 0.1) is 5.52 Å². The molecule has 4 nitrogen and oxygen atoms in total. The molecule has 0 atom stereocenters. The summed E-state index contributed by atoms with van der Waals surface area (Å²) in [5.74, 6) is 0.601. The Hall–Kier alpha value is -6.52. The average Bonchev–Trinajstić information content (AvgIpc) is 3.73. The summed E-state index contributed by atoms with van der Waals surface area (Å²) in [6.07, 6.45) is 3.89. The first-order valence-electron chi connectivity index (χ1n) is 16.2.